The van der Waals surface area contributed by atoms with Gasteiger partial charge in [0.1, 0.15) is 11.2 Å². The third-order valence-corrected chi connectivity index (χ3v) is 5.88. The van der Waals surface area contributed by atoms with Crippen molar-refractivity contribution in [3.63, 3.8) is 0 Å². The molecule has 1 atom stereocenters. The monoisotopic (exact) mass is 413 g/mol. The van der Waals surface area contributed by atoms with Gasteiger partial charge in [0.05, 0.1) is 42.1 Å². The SMILES string of the molecule is N#CCC(C1CCCC1)n1cc(-n2c(C(F)(F)F)nc3cnc4[nH]ccc4c32)cn1. The fourth-order valence-electron chi connectivity index (χ4n) is 4.55. The Morgan fingerprint density at radius 1 is 1.27 bits per heavy atom. The first-order valence-electron chi connectivity index (χ1n) is 9.80. The Bertz CT molecular complexity index is 1250. The Morgan fingerprint density at radius 3 is 2.80 bits per heavy atom. The van der Waals surface area contributed by atoms with E-state index in [1.165, 1.54) is 12.4 Å². The lowest BCUT2D eigenvalue weighted by Gasteiger charge is -2.21. The maximum Gasteiger partial charge on any atom is 0.450 e. The van der Waals surface area contributed by atoms with Crippen molar-refractivity contribution < 1.29 is 13.2 Å². The number of imidazole rings is 1. The molecule has 0 spiro atoms. The van der Waals surface area contributed by atoms with E-state index in [0.29, 0.717) is 22.5 Å². The predicted molar refractivity (Wildman–Crippen MR) is 103 cm³/mol. The van der Waals surface area contributed by atoms with Gasteiger partial charge in [-0.15, -0.1) is 0 Å². The molecule has 0 saturated heterocycles. The van der Waals surface area contributed by atoms with Crippen LogP contribution in [0.25, 0.3) is 27.8 Å². The van der Waals surface area contributed by atoms with Crippen molar-refractivity contribution in [1.29, 1.82) is 5.26 Å². The lowest BCUT2D eigenvalue weighted by molar-refractivity contribution is -0.145. The van der Waals surface area contributed by atoms with Gasteiger partial charge in [-0.1, -0.05) is 12.8 Å². The lowest BCUT2D eigenvalue weighted by atomic mass is 9.96. The number of aromatic amines is 1. The highest BCUT2D eigenvalue weighted by atomic mass is 19.4. The van der Waals surface area contributed by atoms with Crippen LogP contribution in [0.3, 0.4) is 0 Å². The van der Waals surface area contributed by atoms with Crippen molar-refractivity contribution in [2.75, 3.05) is 0 Å². The highest BCUT2D eigenvalue weighted by molar-refractivity contribution is 6.02. The zero-order chi connectivity index (χ0) is 20.9. The molecule has 1 fully saturated rings. The van der Waals surface area contributed by atoms with E-state index in [1.807, 2.05) is 0 Å². The Kier molecular flexibility index (Phi) is 4.27. The van der Waals surface area contributed by atoms with Gasteiger partial charge in [-0.25, -0.2) is 9.97 Å². The molecule has 0 radical (unpaired) electrons. The van der Waals surface area contributed by atoms with Crippen molar-refractivity contribution in [3.8, 4) is 11.8 Å². The molecule has 1 aliphatic rings. The van der Waals surface area contributed by atoms with Crippen LogP contribution in [-0.2, 0) is 6.18 Å². The Balaban J connectivity index is 1.69. The predicted octanol–water partition coefficient (Wildman–Crippen LogP) is 4.76. The normalized spacial score (nSPS) is 16.5. The summed E-state index contributed by atoms with van der Waals surface area (Å²) >= 11 is 0. The Labute approximate surface area is 169 Å². The van der Waals surface area contributed by atoms with E-state index >= 15 is 0 Å². The molecule has 7 nitrogen and oxygen atoms in total. The lowest BCUT2D eigenvalue weighted by Crippen LogP contribution is -2.17. The molecule has 0 aromatic carbocycles. The van der Waals surface area contributed by atoms with Crippen LogP contribution < -0.4 is 0 Å². The summed E-state index contributed by atoms with van der Waals surface area (Å²) in [5.41, 5.74) is 1.23. The average Bonchev–Trinajstić information content (AvgIpc) is 3.50. The van der Waals surface area contributed by atoms with Crippen LogP contribution in [0.5, 0.6) is 0 Å². The summed E-state index contributed by atoms with van der Waals surface area (Å²) in [7, 11) is 0. The second-order valence-corrected chi connectivity index (χ2v) is 7.65. The molecule has 4 aromatic rings. The fourth-order valence-corrected chi connectivity index (χ4v) is 4.55. The number of hydrogen-bond acceptors (Lipinski definition) is 4. The van der Waals surface area contributed by atoms with Crippen LogP contribution in [0, 0.1) is 17.2 Å². The van der Waals surface area contributed by atoms with Crippen LogP contribution in [0.4, 0.5) is 13.2 Å². The van der Waals surface area contributed by atoms with Gasteiger partial charge in [0.2, 0.25) is 5.82 Å². The second-order valence-electron chi connectivity index (χ2n) is 7.65. The Hall–Kier alpha value is -3.35. The molecule has 0 bridgehead atoms. The van der Waals surface area contributed by atoms with Crippen LogP contribution in [-0.4, -0.2) is 29.3 Å². The molecule has 4 aromatic heterocycles. The van der Waals surface area contributed by atoms with Crippen molar-refractivity contribution in [3.05, 3.63) is 36.7 Å². The Morgan fingerprint density at radius 2 is 2.07 bits per heavy atom. The number of hydrogen-bond donors (Lipinski definition) is 1. The average molecular weight is 413 g/mol. The molecule has 5 rings (SSSR count). The minimum atomic E-state index is -4.65. The minimum absolute atomic E-state index is 0.149. The summed E-state index contributed by atoms with van der Waals surface area (Å²) in [6, 6.07) is 3.74. The number of pyridine rings is 1. The number of alkyl halides is 3. The number of nitrogens with zero attached hydrogens (tertiary/aromatic N) is 6. The number of nitriles is 1. The number of rotatable bonds is 4. The van der Waals surface area contributed by atoms with Gasteiger partial charge in [0, 0.05) is 17.8 Å². The molecule has 154 valence electrons. The van der Waals surface area contributed by atoms with Crippen molar-refractivity contribution in [2.45, 2.75) is 44.3 Å². The van der Waals surface area contributed by atoms with Crippen molar-refractivity contribution >= 4 is 22.1 Å². The van der Waals surface area contributed by atoms with E-state index in [1.54, 1.807) is 23.1 Å². The third-order valence-electron chi connectivity index (χ3n) is 5.88. The second kappa shape index (κ2) is 6.86. The highest BCUT2D eigenvalue weighted by Gasteiger charge is 2.39. The van der Waals surface area contributed by atoms with Crippen molar-refractivity contribution in [2.24, 2.45) is 5.92 Å². The van der Waals surface area contributed by atoms with E-state index in [0.717, 1.165) is 30.3 Å². The molecule has 1 aliphatic carbocycles. The maximum absolute atomic E-state index is 13.8. The number of halogens is 3. The van der Waals surface area contributed by atoms with Gasteiger partial charge in [0.15, 0.2) is 0 Å². The molecular weight excluding hydrogens is 395 g/mol. The minimum Gasteiger partial charge on any atom is -0.346 e. The number of nitrogens with one attached hydrogen (secondary N) is 1. The van der Waals surface area contributed by atoms with Gasteiger partial charge in [-0.2, -0.15) is 23.5 Å². The van der Waals surface area contributed by atoms with Crippen LogP contribution in [0.15, 0.2) is 30.9 Å². The van der Waals surface area contributed by atoms with E-state index < -0.39 is 12.0 Å². The highest BCUT2D eigenvalue weighted by Crippen LogP contribution is 2.38. The first kappa shape index (κ1) is 18.7. The van der Waals surface area contributed by atoms with E-state index in [2.05, 4.69) is 26.1 Å². The third kappa shape index (κ3) is 2.93. The molecule has 1 N–H and O–H groups in total. The molecule has 1 unspecified atom stereocenters. The molecule has 1 saturated carbocycles. The number of fused-ring (bicyclic) bond motifs is 3. The summed E-state index contributed by atoms with van der Waals surface area (Å²) in [6.07, 6.45) is 5.79. The summed E-state index contributed by atoms with van der Waals surface area (Å²) in [6.45, 7) is 0. The molecule has 4 heterocycles. The van der Waals surface area contributed by atoms with E-state index in [9.17, 15) is 18.4 Å². The summed E-state index contributed by atoms with van der Waals surface area (Å²) in [5.74, 6) is -0.718. The molecular formula is C20H18F3N7. The smallest absolute Gasteiger partial charge is 0.346 e. The summed E-state index contributed by atoms with van der Waals surface area (Å²) < 4.78 is 44.3. The first-order valence-corrected chi connectivity index (χ1v) is 9.80. The van der Waals surface area contributed by atoms with Crippen LogP contribution in [0.2, 0.25) is 0 Å². The van der Waals surface area contributed by atoms with Gasteiger partial charge in [0.25, 0.3) is 0 Å². The van der Waals surface area contributed by atoms with E-state index in [4.69, 9.17) is 0 Å². The quantitative estimate of drug-likeness (QED) is 0.522. The molecule has 10 heteroatoms. The zero-order valence-electron chi connectivity index (χ0n) is 15.9. The molecule has 0 amide bonds. The maximum atomic E-state index is 13.8. The molecule has 0 aliphatic heterocycles. The van der Waals surface area contributed by atoms with Gasteiger partial charge >= 0.3 is 6.18 Å². The topological polar surface area (TPSA) is 88.1 Å². The molecule has 30 heavy (non-hydrogen) atoms. The fraction of sp³-hybridized carbons (Fsp3) is 0.400. The first-order chi connectivity index (χ1) is 14.5. The van der Waals surface area contributed by atoms with Gasteiger partial charge < -0.3 is 4.98 Å². The van der Waals surface area contributed by atoms with Crippen molar-refractivity contribution in [1.82, 2.24) is 29.3 Å². The zero-order valence-corrected chi connectivity index (χ0v) is 15.9. The van der Waals surface area contributed by atoms with Gasteiger partial charge in [-0.3, -0.25) is 9.25 Å². The number of H-pyrrole nitrogens is 1. The van der Waals surface area contributed by atoms with Gasteiger partial charge in [-0.05, 0) is 24.8 Å². The largest absolute Gasteiger partial charge is 0.450 e. The van der Waals surface area contributed by atoms with Crippen LogP contribution >= 0.6 is 0 Å². The van der Waals surface area contributed by atoms with E-state index in [-0.39, 0.29) is 23.7 Å². The number of aromatic nitrogens is 6. The summed E-state index contributed by atoms with van der Waals surface area (Å²) in [4.78, 5) is 10.9. The summed E-state index contributed by atoms with van der Waals surface area (Å²) in [5, 5.41) is 14.2. The van der Waals surface area contributed by atoms with Crippen LogP contribution in [0.1, 0.15) is 44.0 Å². The standard InChI is InChI=1S/C20H18F3N7/c21-20(22,23)19-28-15-10-26-18-14(6-8-25-18)17(15)30(19)13-9-27-29(11-13)16(5-7-24)12-3-1-2-4-12/h6,8-12,16H,1-5H2,(H,25,26).